The van der Waals surface area contributed by atoms with Gasteiger partial charge in [-0.1, -0.05) is 28.1 Å². The molecule has 0 aliphatic carbocycles. The van der Waals surface area contributed by atoms with Crippen LogP contribution in [-0.2, 0) is 6.61 Å². The van der Waals surface area contributed by atoms with Gasteiger partial charge in [0.15, 0.2) is 0 Å². The van der Waals surface area contributed by atoms with E-state index in [0.717, 1.165) is 21.2 Å². The van der Waals surface area contributed by atoms with Crippen molar-refractivity contribution in [1.82, 2.24) is 0 Å². The van der Waals surface area contributed by atoms with E-state index < -0.39 is 6.10 Å². The molecule has 0 bridgehead atoms. The van der Waals surface area contributed by atoms with Gasteiger partial charge in [-0.05, 0) is 49.2 Å². The van der Waals surface area contributed by atoms with E-state index in [1.165, 1.54) is 0 Å². The maximum atomic E-state index is 9.78. The Morgan fingerprint density at radius 2 is 2.05 bits per heavy atom. The summed E-state index contributed by atoms with van der Waals surface area (Å²) in [5.41, 5.74) is 3.43. The molecule has 0 heterocycles. The molecule has 2 aromatic carbocycles. The lowest BCUT2D eigenvalue weighted by Crippen LogP contribution is -2.02. The van der Waals surface area contributed by atoms with Crippen molar-refractivity contribution in [2.75, 3.05) is 0 Å². The number of rotatable bonds is 4. The van der Waals surface area contributed by atoms with Gasteiger partial charge in [0.2, 0.25) is 0 Å². The van der Waals surface area contributed by atoms with Crippen LogP contribution in [0.2, 0.25) is 0 Å². The fraction of sp³-hybridized carbons (Fsp3) is 0.235. The Balaban J connectivity index is 2.20. The van der Waals surface area contributed by atoms with Crippen molar-refractivity contribution in [2.45, 2.75) is 26.6 Å². The van der Waals surface area contributed by atoms with Crippen LogP contribution in [-0.4, -0.2) is 5.11 Å². The molecule has 108 valence electrons. The van der Waals surface area contributed by atoms with Crippen LogP contribution < -0.4 is 4.74 Å². The number of nitriles is 1. The number of aryl methyl sites for hydroxylation is 1. The van der Waals surface area contributed by atoms with Gasteiger partial charge in [-0.15, -0.1) is 0 Å². The summed E-state index contributed by atoms with van der Waals surface area (Å²) in [4.78, 5) is 0. The molecule has 4 heteroatoms. The first kappa shape index (κ1) is 15.6. The Labute approximate surface area is 132 Å². The molecule has 1 N–H and O–H groups in total. The van der Waals surface area contributed by atoms with Gasteiger partial charge in [-0.25, -0.2) is 0 Å². The molecule has 0 radical (unpaired) electrons. The first-order chi connectivity index (χ1) is 10.0. The fourth-order valence-corrected chi connectivity index (χ4v) is 2.40. The number of hydrogen-bond acceptors (Lipinski definition) is 3. The van der Waals surface area contributed by atoms with Crippen LogP contribution >= 0.6 is 15.9 Å². The maximum Gasteiger partial charge on any atom is 0.126 e. The Bertz CT molecular complexity index is 690. The number of nitrogens with zero attached hydrogens (tertiary/aromatic N) is 1. The van der Waals surface area contributed by atoms with Crippen LogP contribution in [0.1, 0.15) is 35.3 Å². The van der Waals surface area contributed by atoms with Gasteiger partial charge in [-0.3, -0.25) is 0 Å². The van der Waals surface area contributed by atoms with Crippen molar-refractivity contribution < 1.29 is 9.84 Å². The number of ether oxygens (including phenoxy) is 1. The Kier molecular flexibility index (Phi) is 5.00. The van der Waals surface area contributed by atoms with Gasteiger partial charge in [0.1, 0.15) is 12.4 Å². The second-order valence-electron chi connectivity index (χ2n) is 4.90. The topological polar surface area (TPSA) is 53.2 Å². The first-order valence-corrected chi connectivity index (χ1v) is 7.40. The SMILES string of the molecule is Cc1cc(C#N)ccc1COc1cc(Br)ccc1C(C)O. The molecule has 0 spiro atoms. The van der Waals surface area contributed by atoms with Gasteiger partial charge in [0, 0.05) is 10.0 Å². The maximum absolute atomic E-state index is 9.78. The lowest BCUT2D eigenvalue weighted by Gasteiger charge is -2.15. The standard InChI is InChI=1S/C17H16BrNO2/c1-11-7-13(9-19)3-4-14(11)10-21-17-8-15(18)5-6-16(17)12(2)20/h3-8,12,20H,10H2,1-2H3. The van der Waals surface area contributed by atoms with Crippen LogP contribution in [0.4, 0.5) is 0 Å². The van der Waals surface area contributed by atoms with E-state index in [1.54, 1.807) is 13.0 Å². The summed E-state index contributed by atoms with van der Waals surface area (Å²) in [6.45, 7) is 4.06. The highest BCUT2D eigenvalue weighted by molar-refractivity contribution is 9.10. The third-order valence-corrected chi connectivity index (χ3v) is 3.77. The zero-order valence-corrected chi connectivity index (χ0v) is 13.5. The number of benzene rings is 2. The van der Waals surface area contributed by atoms with Crippen LogP contribution in [0.15, 0.2) is 40.9 Å². The van der Waals surface area contributed by atoms with E-state index in [4.69, 9.17) is 10.00 Å². The summed E-state index contributed by atoms with van der Waals surface area (Å²) in [6, 6.07) is 13.2. The molecule has 0 fully saturated rings. The highest BCUT2D eigenvalue weighted by Crippen LogP contribution is 2.29. The molecule has 0 aliphatic rings. The van der Waals surface area contributed by atoms with Gasteiger partial charge in [0.05, 0.1) is 17.7 Å². The van der Waals surface area contributed by atoms with Crippen molar-refractivity contribution in [3.05, 3.63) is 63.1 Å². The summed E-state index contributed by atoms with van der Waals surface area (Å²) >= 11 is 3.41. The molecule has 0 amide bonds. The van der Waals surface area contributed by atoms with E-state index in [2.05, 4.69) is 22.0 Å². The average Bonchev–Trinajstić information content (AvgIpc) is 2.45. The Hall–Kier alpha value is -1.83. The first-order valence-electron chi connectivity index (χ1n) is 6.61. The van der Waals surface area contributed by atoms with E-state index in [9.17, 15) is 5.11 Å². The molecule has 1 atom stereocenters. The third kappa shape index (κ3) is 3.84. The molecule has 0 aromatic heterocycles. The average molecular weight is 346 g/mol. The number of hydrogen-bond donors (Lipinski definition) is 1. The van der Waals surface area contributed by atoms with Crippen molar-refractivity contribution in [2.24, 2.45) is 0 Å². The van der Waals surface area contributed by atoms with Gasteiger partial charge < -0.3 is 9.84 Å². The largest absolute Gasteiger partial charge is 0.488 e. The summed E-state index contributed by atoms with van der Waals surface area (Å²) in [5, 5.41) is 18.7. The molecule has 0 saturated heterocycles. The smallest absolute Gasteiger partial charge is 0.126 e. The predicted octanol–water partition coefficient (Wildman–Crippen LogP) is 4.26. The zero-order chi connectivity index (χ0) is 15.4. The third-order valence-electron chi connectivity index (χ3n) is 3.28. The van der Waals surface area contributed by atoms with Gasteiger partial charge >= 0.3 is 0 Å². The van der Waals surface area contributed by atoms with Crippen LogP contribution in [0.5, 0.6) is 5.75 Å². The van der Waals surface area contributed by atoms with Gasteiger partial charge in [0.25, 0.3) is 0 Å². The minimum absolute atomic E-state index is 0.397. The Morgan fingerprint density at radius 3 is 2.67 bits per heavy atom. The second-order valence-corrected chi connectivity index (χ2v) is 5.82. The van der Waals surface area contributed by atoms with Crippen molar-refractivity contribution in [1.29, 1.82) is 5.26 Å². The summed E-state index contributed by atoms with van der Waals surface area (Å²) in [6.07, 6.45) is -0.588. The quantitative estimate of drug-likeness (QED) is 0.900. The molecular formula is C17H16BrNO2. The van der Waals surface area contributed by atoms with Crippen LogP contribution in [0.3, 0.4) is 0 Å². The summed E-state index contributed by atoms with van der Waals surface area (Å²) in [5.74, 6) is 0.656. The van der Waals surface area contributed by atoms with Crippen molar-refractivity contribution in [3.63, 3.8) is 0 Å². The number of aliphatic hydroxyl groups excluding tert-OH is 1. The highest BCUT2D eigenvalue weighted by atomic mass is 79.9. The van der Waals surface area contributed by atoms with E-state index in [0.29, 0.717) is 17.9 Å². The number of aliphatic hydroxyl groups is 1. The monoisotopic (exact) mass is 345 g/mol. The summed E-state index contributed by atoms with van der Waals surface area (Å²) in [7, 11) is 0. The van der Waals surface area contributed by atoms with Crippen LogP contribution in [0, 0.1) is 18.3 Å². The molecule has 0 aliphatic heterocycles. The van der Waals surface area contributed by atoms with Crippen molar-refractivity contribution in [3.8, 4) is 11.8 Å². The molecule has 1 unspecified atom stereocenters. The van der Waals surface area contributed by atoms with Crippen molar-refractivity contribution >= 4 is 15.9 Å². The molecule has 0 saturated carbocycles. The zero-order valence-electron chi connectivity index (χ0n) is 11.9. The molecule has 2 aromatic rings. The molecule has 21 heavy (non-hydrogen) atoms. The number of halogens is 1. The molecule has 2 rings (SSSR count). The van der Waals surface area contributed by atoms with Crippen LogP contribution in [0.25, 0.3) is 0 Å². The summed E-state index contributed by atoms with van der Waals surface area (Å²) < 4.78 is 6.75. The molecule has 3 nitrogen and oxygen atoms in total. The van der Waals surface area contributed by atoms with E-state index >= 15 is 0 Å². The normalized spacial score (nSPS) is 11.8. The fourth-order valence-electron chi connectivity index (χ4n) is 2.06. The van der Waals surface area contributed by atoms with E-state index in [1.807, 2.05) is 37.3 Å². The minimum atomic E-state index is -0.588. The lowest BCUT2D eigenvalue weighted by atomic mass is 10.1. The Morgan fingerprint density at radius 1 is 1.29 bits per heavy atom. The lowest BCUT2D eigenvalue weighted by molar-refractivity contribution is 0.190. The van der Waals surface area contributed by atoms with Gasteiger partial charge in [-0.2, -0.15) is 5.26 Å². The minimum Gasteiger partial charge on any atom is -0.488 e. The highest BCUT2D eigenvalue weighted by Gasteiger charge is 2.10. The second kappa shape index (κ2) is 6.75. The molecular weight excluding hydrogens is 330 g/mol. The van der Waals surface area contributed by atoms with E-state index in [-0.39, 0.29) is 0 Å². The predicted molar refractivity (Wildman–Crippen MR) is 85.0 cm³/mol.